The average Bonchev–Trinajstić information content (AvgIpc) is 3.01. The van der Waals surface area contributed by atoms with E-state index in [4.69, 9.17) is 0 Å². The highest BCUT2D eigenvalue weighted by molar-refractivity contribution is 5.95. The van der Waals surface area contributed by atoms with E-state index in [2.05, 4.69) is 37.4 Å². The lowest BCUT2D eigenvalue weighted by atomic mass is 10.1. The number of anilines is 1. The van der Waals surface area contributed by atoms with E-state index in [9.17, 15) is 9.59 Å². The van der Waals surface area contributed by atoms with Crippen LogP contribution in [0.25, 0.3) is 0 Å². The molecular weight excluding hydrogens is 312 g/mol. The number of carbonyl (C=O) groups excluding carboxylic acids is 2. The Morgan fingerprint density at radius 3 is 2.52 bits per heavy atom. The molecule has 4 heteroatoms. The van der Waals surface area contributed by atoms with E-state index < -0.39 is 0 Å². The number of hydrogen-bond donors (Lipinski definition) is 1. The average molecular weight is 336 g/mol. The maximum absolute atomic E-state index is 12.2. The van der Waals surface area contributed by atoms with Gasteiger partial charge in [0.25, 0.3) is 0 Å². The number of rotatable bonds is 5. The lowest BCUT2D eigenvalue weighted by Gasteiger charge is -2.16. The van der Waals surface area contributed by atoms with Gasteiger partial charge in [0.1, 0.15) is 0 Å². The summed E-state index contributed by atoms with van der Waals surface area (Å²) < 4.78 is 0. The standard InChI is InChI=1S/C21H24N2O2/c1-15-5-8-18(16(2)12-15)14-22-20(24)13-17-6-9-19(10-7-17)23-11-3-4-21(23)25/h5-10,12H,3-4,11,13-14H2,1-2H3,(H,22,24). The molecule has 130 valence electrons. The molecule has 1 aliphatic heterocycles. The first-order valence-electron chi connectivity index (χ1n) is 8.75. The van der Waals surface area contributed by atoms with Crippen LogP contribution in [0.15, 0.2) is 42.5 Å². The normalized spacial score (nSPS) is 14.0. The van der Waals surface area contributed by atoms with Gasteiger partial charge in [0.2, 0.25) is 11.8 Å². The monoisotopic (exact) mass is 336 g/mol. The molecule has 0 saturated carbocycles. The van der Waals surface area contributed by atoms with Crippen molar-refractivity contribution in [3.63, 3.8) is 0 Å². The number of carbonyl (C=O) groups is 2. The third kappa shape index (κ3) is 4.27. The zero-order chi connectivity index (χ0) is 17.8. The second-order valence-corrected chi connectivity index (χ2v) is 6.70. The number of nitrogens with zero attached hydrogens (tertiary/aromatic N) is 1. The predicted molar refractivity (Wildman–Crippen MR) is 99.5 cm³/mol. The molecule has 25 heavy (non-hydrogen) atoms. The molecule has 3 rings (SSSR count). The fourth-order valence-electron chi connectivity index (χ4n) is 3.20. The van der Waals surface area contributed by atoms with Gasteiger partial charge in [0.15, 0.2) is 0 Å². The number of aryl methyl sites for hydroxylation is 2. The zero-order valence-electron chi connectivity index (χ0n) is 14.8. The van der Waals surface area contributed by atoms with Crippen molar-refractivity contribution in [2.24, 2.45) is 0 Å². The number of benzene rings is 2. The SMILES string of the molecule is Cc1ccc(CNC(=O)Cc2ccc(N3CCCC3=O)cc2)c(C)c1. The maximum Gasteiger partial charge on any atom is 0.227 e. The maximum atomic E-state index is 12.2. The lowest BCUT2D eigenvalue weighted by molar-refractivity contribution is -0.120. The van der Waals surface area contributed by atoms with Crippen LogP contribution in [0.1, 0.15) is 35.1 Å². The summed E-state index contributed by atoms with van der Waals surface area (Å²) in [6.45, 7) is 5.46. The van der Waals surface area contributed by atoms with Crippen molar-refractivity contribution in [1.82, 2.24) is 5.32 Å². The minimum atomic E-state index is 0.00461. The van der Waals surface area contributed by atoms with E-state index in [1.54, 1.807) is 0 Å². The molecule has 1 N–H and O–H groups in total. The number of amides is 2. The Bertz CT molecular complexity index is 781. The van der Waals surface area contributed by atoms with Crippen LogP contribution in [0, 0.1) is 13.8 Å². The second kappa shape index (κ2) is 7.51. The van der Waals surface area contributed by atoms with Crippen LogP contribution in [0.5, 0.6) is 0 Å². The van der Waals surface area contributed by atoms with Gasteiger partial charge in [-0.1, -0.05) is 35.9 Å². The molecular formula is C21H24N2O2. The Morgan fingerprint density at radius 2 is 1.88 bits per heavy atom. The van der Waals surface area contributed by atoms with Crippen molar-refractivity contribution in [3.05, 3.63) is 64.7 Å². The van der Waals surface area contributed by atoms with E-state index in [0.29, 0.717) is 19.4 Å². The summed E-state index contributed by atoms with van der Waals surface area (Å²) in [6, 6.07) is 14.0. The molecule has 0 aromatic heterocycles. The zero-order valence-corrected chi connectivity index (χ0v) is 14.8. The van der Waals surface area contributed by atoms with Crippen LogP contribution >= 0.6 is 0 Å². The van der Waals surface area contributed by atoms with E-state index >= 15 is 0 Å². The molecule has 1 heterocycles. The fourth-order valence-corrected chi connectivity index (χ4v) is 3.20. The first kappa shape index (κ1) is 17.2. The summed E-state index contributed by atoms with van der Waals surface area (Å²) in [6.07, 6.45) is 1.89. The summed E-state index contributed by atoms with van der Waals surface area (Å²) in [5.74, 6) is 0.184. The molecule has 0 bridgehead atoms. The number of nitrogens with one attached hydrogen (secondary N) is 1. The van der Waals surface area contributed by atoms with Gasteiger partial charge in [-0.05, 0) is 49.1 Å². The van der Waals surface area contributed by atoms with E-state index in [1.807, 2.05) is 29.2 Å². The molecule has 1 fully saturated rings. The highest BCUT2D eigenvalue weighted by atomic mass is 16.2. The van der Waals surface area contributed by atoms with Gasteiger partial charge in [-0.3, -0.25) is 9.59 Å². The van der Waals surface area contributed by atoms with Crippen molar-refractivity contribution in [2.45, 2.75) is 39.7 Å². The summed E-state index contributed by atoms with van der Waals surface area (Å²) >= 11 is 0. The molecule has 0 atom stereocenters. The topological polar surface area (TPSA) is 49.4 Å². The van der Waals surface area contributed by atoms with Crippen molar-refractivity contribution in [3.8, 4) is 0 Å². The Hall–Kier alpha value is -2.62. The minimum Gasteiger partial charge on any atom is -0.352 e. The van der Waals surface area contributed by atoms with Gasteiger partial charge < -0.3 is 10.2 Å². The van der Waals surface area contributed by atoms with Crippen LogP contribution in [-0.4, -0.2) is 18.4 Å². The van der Waals surface area contributed by atoms with Gasteiger partial charge in [-0.15, -0.1) is 0 Å². The Labute approximate surface area is 148 Å². The van der Waals surface area contributed by atoms with E-state index in [1.165, 1.54) is 11.1 Å². The lowest BCUT2D eigenvalue weighted by Crippen LogP contribution is -2.25. The fraction of sp³-hybridized carbons (Fsp3) is 0.333. The summed E-state index contributed by atoms with van der Waals surface area (Å²) in [5.41, 5.74) is 5.43. The quantitative estimate of drug-likeness (QED) is 0.911. The first-order valence-corrected chi connectivity index (χ1v) is 8.75. The van der Waals surface area contributed by atoms with Crippen LogP contribution in [0.3, 0.4) is 0 Å². The second-order valence-electron chi connectivity index (χ2n) is 6.70. The smallest absolute Gasteiger partial charge is 0.227 e. The van der Waals surface area contributed by atoms with Crippen molar-refractivity contribution < 1.29 is 9.59 Å². The minimum absolute atomic E-state index is 0.00461. The van der Waals surface area contributed by atoms with Crippen LogP contribution < -0.4 is 10.2 Å². The van der Waals surface area contributed by atoms with E-state index in [0.717, 1.165) is 29.8 Å². The van der Waals surface area contributed by atoms with Gasteiger partial charge in [-0.25, -0.2) is 0 Å². The predicted octanol–water partition coefficient (Wildman–Crippen LogP) is 3.29. The number of hydrogen-bond acceptors (Lipinski definition) is 2. The van der Waals surface area contributed by atoms with Crippen molar-refractivity contribution in [1.29, 1.82) is 0 Å². The van der Waals surface area contributed by atoms with Crippen LogP contribution in [0.2, 0.25) is 0 Å². The third-order valence-electron chi connectivity index (χ3n) is 4.66. The highest BCUT2D eigenvalue weighted by Crippen LogP contribution is 2.21. The highest BCUT2D eigenvalue weighted by Gasteiger charge is 2.21. The Kier molecular flexibility index (Phi) is 5.17. The Morgan fingerprint density at radius 1 is 1.12 bits per heavy atom. The van der Waals surface area contributed by atoms with Gasteiger partial charge >= 0.3 is 0 Å². The van der Waals surface area contributed by atoms with Gasteiger partial charge in [-0.2, -0.15) is 0 Å². The van der Waals surface area contributed by atoms with E-state index in [-0.39, 0.29) is 11.8 Å². The largest absolute Gasteiger partial charge is 0.352 e. The van der Waals surface area contributed by atoms with Gasteiger partial charge in [0.05, 0.1) is 6.42 Å². The molecule has 0 aliphatic carbocycles. The Balaban J connectivity index is 1.55. The molecule has 0 radical (unpaired) electrons. The van der Waals surface area contributed by atoms with Crippen molar-refractivity contribution in [2.75, 3.05) is 11.4 Å². The summed E-state index contributed by atoms with van der Waals surface area (Å²) in [5, 5.41) is 2.98. The van der Waals surface area contributed by atoms with Crippen LogP contribution in [0.4, 0.5) is 5.69 Å². The molecule has 0 unspecified atom stereocenters. The molecule has 1 aliphatic rings. The molecule has 2 aromatic rings. The van der Waals surface area contributed by atoms with Gasteiger partial charge in [0, 0.05) is 25.2 Å². The van der Waals surface area contributed by atoms with Crippen LogP contribution in [-0.2, 0) is 22.6 Å². The summed E-state index contributed by atoms with van der Waals surface area (Å²) in [7, 11) is 0. The van der Waals surface area contributed by atoms with Crippen molar-refractivity contribution >= 4 is 17.5 Å². The summed E-state index contributed by atoms with van der Waals surface area (Å²) in [4.78, 5) is 25.8. The molecule has 0 spiro atoms. The first-order chi connectivity index (χ1) is 12.0. The molecule has 2 amide bonds. The molecule has 4 nitrogen and oxygen atoms in total. The third-order valence-corrected chi connectivity index (χ3v) is 4.66. The molecule has 2 aromatic carbocycles. The molecule has 1 saturated heterocycles.